The van der Waals surface area contributed by atoms with E-state index in [0.29, 0.717) is 5.69 Å². The second-order valence-electron chi connectivity index (χ2n) is 6.25. The summed E-state index contributed by atoms with van der Waals surface area (Å²) in [5, 5.41) is 5.59. The Balaban J connectivity index is 1.71. The average molecular weight is 368 g/mol. The molecule has 0 saturated carbocycles. The van der Waals surface area contributed by atoms with Gasteiger partial charge in [0.1, 0.15) is 0 Å². The summed E-state index contributed by atoms with van der Waals surface area (Å²) in [4.78, 5) is 36.0. The Labute approximate surface area is 156 Å². The van der Waals surface area contributed by atoms with E-state index in [1.807, 2.05) is 12.1 Å². The first-order valence-electron chi connectivity index (χ1n) is 8.46. The highest BCUT2D eigenvalue weighted by molar-refractivity contribution is 5.99. The fourth-order valence-corrected chi connectivity index (χ4v) is 3.18. The second-order valence-corrected chi connectivity index (χ2v) is 6.25. The molecule has 2 aromatic carbocycles. The molecule has 0 fully saturated rings. The summed E-state index contributed by atoms with van der Waals surface area (Å²) >= 11 is 0. The van der Waals surface area contributed by atoms with Crippen molar-refractivity contribution < 1.29 is 23.9 Å². The van der Waals surface area contributed by atoms with Gasteiger partial charge in [-0.1, -0.05) is 24.3 Å². The highest BCUT2D eigenvalue weighted by atomic mass is 16.5. The normalized spacial score (nSPS) is 12.8. The standard InChI is InChI=1S/C20H20N2O5/c1-26-18(23)14-7-15(19(24)27-2)11-17(10-14)22-20(25)21-16-8-12-5-3-4-6-13(12)9-16/h3-7,10-11,16H,8-9H2,1-2H3,(H2,21,22,25). The lowest BCUT2D eigenvalue weighted by Gasteiger charge is -2.14. The molecule has 2 amide bonds. The Morgan fingerprint density at radius 2 is 1.41 bits per heavy atom. The molecule has 7 heteroatoms. The van der Waals surface area contributed by atoms with E-state index in [-0.39, 0.29) is 17.2 Å². The molecular formula is C20H20N2O5. The van der Waals surface area contributed by atoms with Crippen LogP contribution in [-0.2, 0) is 22.3 Å². The first kappa shape index (κ1) is 18.4. The van der Waals surface area contributed by atoms with Crippen LogP contribution < -0.4 is 10.6 Å². The zero-order valence-electron chi connectivity index (χ0n) is 15.1. The van der Waals surface area contributed by atoms with E-state index < -0.39 is 18.0 Å². The number of benzene rings is 2. The molecule has 1 aliphatic carbocycles. The number of rotatable bonds is 4. The lowest BCUT2D eigenvalue weighted by molar-refractivity contribution is 0.0599. The van der Waals surface area contributed by atoms with Crippen molar-refractivity contribution in [1.82, 2.24) is 5.32 Å². The summed E-state index contributed by atoms with van der Waals surface area (Å²) in [6.07, 6.45) is 1.53. The Morgan fingerprint density at radius 3 is 1.89 bits per heavy atom. The minimum absolute atomic E-state index is 0.00809. The van der Waals surface area contributed by atoms with Crippen LogP contribution in [0.5, 0.6) is 0 Å². The number of amides is 2. The van der Waals surface area contributed by atoms with Gasteiger partial charge in [-0.05, 0) is 42.2 Å². The van der Waals surface area contributed by atoms with E-state index in [2.05, 4.69) is 32.2 Å². The van der Waals surface area contributed by atoms with Crippen molar-refractivity contribution >= 4 is 23.7 Å². The zero-order chi connectivity index (χ0) is 19.4. The summed E-state index contributed by atoms with van der Waals surface area (Å²) in [7, 11) is 2.48. The van der Waals surface area contributed by atoms with Gasteiger partial charge in [-0.3, -0.25) is 0 Å². The number of carbonyl (C=O) groups excluding carboxylic acids is 3. The third-order valence-electron chi connectivity index (χ3n) is 4.42. The van der Waals surface area contributed by atoms with E-state index in [9.17, 15) is 14.4 Å². The Morgan fingerprint density at radius 1 is 0.889 bits per heavy atom. The van der Waals surface area contributed by atoms with Gasteiger partial charge in [-0.25, -0.2) is 14.4 Å². The predicted molar refractivity (Wildman–Crippen MR) is 98.9 cm³/mol. The van der Waals surface area contributed by atoms with E-state index >= 15 is 0 Å². The molecule has 0 aliphatic heterocycles. The van der Waals surface area contributed by atoms with Gasteiger partial charge in [-0.2, -0.15) is 0 Å². The number of hydrogen-bond acceptors (Lipinski definition) is 5. The Bertz CT molecular complexity index is 834. The Hall–Kier alpha value is -3.35. The van der Waals surface area contributed by atoms with Crippen molar-refractivity contribution in [3.8, 4) is 0 Å². The quantitative estimate of drug-likeness (QED) is 0.809. The Kier molecular flexibility index (Phi) is 5.40. The SMILES string of the molecule is COC(=O)c1cc(NC(=O)NC2Cc3ccccc3C2)cc(C(=O)OC)c1. The molecule has 0 spiro atoms. The molecule has 0 atom stereocenters. The summed E-state index contributed by atoms with van der Waals surface area (Å²) in [5.41, 5.74) is 3.03. The van der Waals surface area contributed by atoms with Gasteiger partial charge in [0.15, 0.2) is 0 Å². The number of ether oxygens (including phenoxy) is 2. The highest BCUT2D eigenvalue weighted by Crippen LogP contribution is 2.22. The van der Waals surface area contributed by atoms with Crippen LogP contribution in [0.2, 0.25) is 0 Å². The van der Waals surface area contributed by atoms with E-state index in [0.717, 1.165) is 12.8 Å². The number of methoxy groups -OCH3 is 2. The fourth-order valence-electron chi connectivity index (χ4n) is 3.18. The van der Waals surface area contributed by atoms with Crippen molar-refractivity contribution in [3.05, 3.63) is 64.7 Å². The largest absolute Gasteiger partial charge is 0.465 e. The number of esters is 2. The van der Waals surface area contributed by atoms with Crippen molar-refractivity contribution in [2.24, 2.45) is 0 Å². The monoisotopic (exact) mass is 368 g/mol. The lowest BCUT2D eigenvalue weighted by atomic mass is 10.1. The summed E-state index contributed by atoms with van der Waals surface area (Å²) < 4.78 is 9.38. The van der Waals surface area contributed by atoms with Gasteiger partial charge in [0.05, 0.1) is 25.3 Å². The molecule has 0 aromatic heterocycles. The minimum atomic E-state index is -0.615. The topological polar surface area (TPSA) is 93.7 Å². The molecular weight excluding hydrogens is 348 g/mol. The van der Waals surface area contributed by atoms with Crippen molar-refractivity contribution in [1.29, 1.82) is 0 Å². The number of fused-ring (bicyclic) bond motifs is 1. The average Bonchev–Trinajstić information content (AvgIpc) is 3.08. The van der Waals surface area contributed by atoms with Crippen LogP contribution in [0.3, 0.4) is 0 Å². The third kappa shape index (κ3) is 4.25. The maximum atomic E-state index is 12.4. The smallest absolute Gasteiger partial charge is 0.337 e. The number of hydrogen-bond donors (Lipinski definition) is 2. The van der Waals surface area contributed by atoms with Crippen LogP contribution in [0.1, 0.15) is 31.8 Å². The summed E-state index contributed by atoms with van der Waals surface area (Å²) in [6.45, 7) is 0. The van der Waals surface area contributed by atoms with Crippen molar-refractivity contribution in [2.45, 2.75) is 18.9 Å². The maximum absolute atomic E-state index is 12.4. The van der Waals surface area contributed by atoms with Crippen LogP contribution >= 0.6 is 0 Å². The number of nitrogens with one attached hydrogen (secondary N) is 2. The fraction of sp³-hybridized carbons (Fsp3) is 0.250. The molecule has 1 aliphatic rings. The summed E-state index contributed by atoms with van der Waals surface area (Å²) in [6, 6.07) is 11.9. The van der Waals surface area contributed by atoms with E-state index in [1.54, 1.807) is 0 Å². The molecule has 2 N–H and O–H groups in total. The van der Waals surface area contributed by atoms with Crippen LogP contribution in [-0.4, -0.2) is 38.2 Å². The first-order chi connectivity index (χ1) is 13.0. The van der Waals surface area contributed by atoms with Gasteiger partial charge in [0.2, 0.25) is 0 Å². The third-order valence-corrected chi connectivity index (χ3v) is 4.42. The zero-order valence-corrected chi connectivity index (χ0v) is 15.1. The minimum Gasteiger partial charge on any atom is -0.465 e. The number of anilines is 1. The predicted octanol–water partition coefficient (Wildman–Crippen LogP) is 2.55. The molecule has 0 bridgehead atoms. The van der Waals surface area contributed by atoms with Crippen LogP contribution in [0.25, 0.3) is 0 Å². The van der Waals surface area contributed by atoms with Crippen molar-refractivity contribution in [3.63, 3.8) is 0 Å². The molecule has 0 saturated heterocycles. The van der Waals surface area contributed by atoms with Gasteiger partial charge in [0.25, 0.3) is 0 Å². The molecule has 2 aromatic rings. The number of urea groups is 1. The second kappa shape index (κ2) is 7.90. The summed E-state index contributed by atoms with van der Waals surface area (Å²) in [5.74, 6) is -1.23. The molecule has 0 heterocycles. The molecule has 0 unspecified atom stereocenters. The number of carbonyl (C=O) groups is 3. The van der Waals surface area contributed by atoms with E-state index in [1.165, 1.54) is 43.5 Å². The van der Waals surface area contributed by atoms with Gasteiger partial charge < -0.3 is 20.1 Å². The van der Waals surface area contributed by atoms with Gasteiger partial charge in [0, 0.05) is 11.7 Å². The maximum Gasteiger partial charge on any atom is 0.337 e. The van der Waals surface area contributed by atoms with Crippen molar-refractivity contribution in [2.75, 3.05) is 19.5 Å². The molecule has 7 nitrogen and oxygen atoms in total. The lowest BCUT2D eigenvalue weighted by Crippen LogP contribution is -2.38. The van der Waals surface area contributed by atoms with Crippen LogP contribution in [0.4, 0.5) is 10.5 Å². The van der Waals surface area contributed by atoms with Crippen LogP contribution in [0, 0.1) is 0 Å². The molecule has 0 radical (unpaired) electrons. The van der Waals surface area contributed by atoms with Crippen LogP contribution in [0.15, 0.2) is 42.5 Å². The van der Waals surface area contributed by atoms with Gasteiger partial charge in [-0.15, -0.1) is 0 Å². The molecule has 3 rings (SSSR count). The highest BCUT2D eigenvalue weighted by Gasteiger charge is 2.22. The molecule has 140 valence electrons. The van der Waals surface area contributed by atoms with Gasteiger partial charge >= 0.3 is 18.0 Å². The van der Waals surface area contributed by atoms with E-state index in [4.69, 9.17) is 0 Å². The first-order valence-corrected chi connectivity index (χ1v) is 8.46. The molecule has 27 heavy (non-hydrogen) atoms.